The maximum absolute atomic E-state index is 10.5. The second-order valence-electron chi connectivity index (χ2n) is 2.01. The third-order valence-electron chi connectivity index (χ3n) is 1.29. The predicted octanol–water partition coefficient (Wildman–Crippen LogP) is 1.95. The molecular formula is C7H5N3O2Pb. The van der Waals surface area contributed by atoms with Crippen LogP contribution in [0.4, 0.5) is 5.69 Å². The third kappa shape index (κ3) is 3.04. The number of hydrogen-bond acceptors (Lipinski definition) is 2. The van der Waals surface area contributed by atoms with Crippen molar-refractivity contribution < 1.29 is 9.90 Å². The van der Waals surface area contributed by atoms with E-state index < -0.39 is 5.97 Å². The van der Waals surface area contributed by atoms with Gasteiger partial charge in [-0.05, 0) is 11.6 Å². The molecule has 0 saturated carbocycles. The summed E-state index contributed by atoms with van der Waals surface area (Å²) in [6, 6.07) is 6.01. The topological polar surface area (TPSA) is 86.1 Å². The Morgan fingerprint density at radius 3 is 2.62 bits per heavy atom. The molecule has 0 atom stereocenters. The van der Waals surface area contributed by atoms with Crippen molar-refractivity contribution in [3.63, 3.8) is 0 Å². The monoisotopic (exact) mass is 371 g/mol. The van der Waals surface area contributed by atoms with Crippen molar-refractivity contribution in [3.8, 4) is 0 Å². The van der Waals surface area contributed by atoms with Gasteiger partial charge in [0, 0.05) is 32.2 Å². The van der Waals surface area contributed by atoms with Crippen LogP contribution in [-0.2, 0) is 0 Å². The first kappa shape index (κ1) is 11.9. The van der Waals surface area contributed by atoms with Crippen LogP contribution in [0.2, 0.25) is 0 Å². The molecule has 0 aliphatic carbocycles. The zero-order valence-corrected chi connectivity index (χ0v) is 10.4. The van der Waals surface area contributed by atoms with Gasteiger partial charge in [-0.15, -0.1) is 0 Å². The number of aromatic carboxylic acids is 1. The number of azide groups is 1. The van der Waals surface area contributed by atoms with Crippen molar-refractivity contribution in [1.29, 1.82) is 0 Å². The Hall–Kier alpha value is -1.08. The van der Waals surface area contributed by atoms with E-state index in [1.807, 2.05) is 0 Å². The van der Waals surface area contributed by atoms with Crippen LogP contribution in [0.25, 0.3) is 10.4 Å². The van der Waals surface area contributed by atoms with Crippen molar-refractivity contribution in [2.24, 2.45) is 5.11 Å². The molecule has 1 rings (SSSR count). The molecule has 0 unspecified atom stereocenters. The van der Waals surface area contributed by atoms with Crippen LogP contribution in [0.5, 0.6) is 0 Å². The molecule has 1 aromatic rings. The molecule has 0 aromatic heterocycles. The smallest absolute Gasteiger partial charge is 0.336 e. The SMILES string of the molecule is [N-]=[N+]=Nc1ccccc1C(=O)O.[Pb]. The van der Waals surface area contributed by atoms with E-state index in [0.29, 0.717) is 0 Å². The van der Waals surface area contributed by atoms with Crippen LogP contribution >= 0.6 is 0 Å². The van der Waals surface area contributed by atoms with Gasteiger partial charge in [0.15, 0.2) is 0 Å². The van der Waals surface area contributed by atoms with Gasteiger partial charge < -0.3 is 5.11 Å². The van der Waals surface area contributed by atoms with Crippen molar-refractivity contribution in [2.75, 3.05) is 0 Å². The molecule has 4 radical (unpaired) electrons. The second kappa shape index (κ2) is 5.55. The molecule has 1 N–H and O–H groups in total. The van der Waals surface area contributed by atoms with Crippen LogP contribution in [0, 0.1) is 0 Å². The molecule has 64 valence electrons. The van der Waals surface area contributed by atoms with Crippen LogP contribution in [0.1, 0.15) is 10.4 Å². The Kier molecular flexibility index (Phi) is 5.09. The van der Waals surface area contributed by atoms with Crippen molar-refractivity contribution in [1.82, 2.24) is 0 Å². The van der Waals surface area contributed by atoms with E-state index in [4.69, 9.17) is 10.6 Å². The molecule has 0 heterocycles. The van der Waals surface area contributed by atoms with Crippen molar-refractivity contribution in [2.45, 2.75) is 0 Å². The number of hydrogen-bond donors (Lipinski definition) is 1. The Bertz CT molecular complexity index is 340. The summed E-state index contributed by atoms with van der Waals surface area (Å²) in [4.78, 5) is 13.0. The Balaban J connectivity index is 0.00000144. The van der Waals surface area contributed by atoms with Gasteiger partial charge in [-0.2, -0.15) is 0 Å². The minimum Gasteiger partial charge on any atom is -0.478 e. The zero-order valence-electron chi connectivity index (χ0n) is 6.51. The summed E-state index contributed by atoms with van der Waals surface area (Å²) in [7, 11) is 0. The first-order valence-corrected chi connectivity index (χ1v) is 3.13. The molecule has 0 spiro atoms. The quantitative estimate of drug-likeness (QED) is 0.373. The molecule has 6 heteroatoms. The van der Waals surface area contributed by atoms with E-state index in [1.54, 1.807) is 12.1 Å². The van der Waals surface area contributed by atoms with E-state index in [2.05, 4.69) is 10.0 Å². The Morgan fingerprint density at radius 1 is 1.46 bits per heavy atom. The van der Waals surface area contributed by atoms with Gasteiger partial charge in [-0.1, -0.05) is 23.3 Å². The summed E-state index contributed by atoms with van der Waals surface area (Å²) >= 11 is 0. The molecule has 0 aliphatic heterocycles. The Morgan fingerprint density at radius 2 is 2.08 bits per heavy atom. The van der Waals surface area contributed by atoms with Gasteiger partial charge in [0.25, 0.3) is 0 Å². The number of rotatable bonds is 2. The summed E-state index contributed by atoms with van der Waals surface area (Å²) in [5.41, 5.74) is 8.23. The van der Waals surface area contributed by atoms with Crippen LogP contribution in [0.15, 0.2) is 29.4 Å². The number of carboxylic acids is 1. The molecule has 0 fully saturated rings. The summed E-state index contributed by atoms with van der Waals surface area (Å²) in [5.74, 6) is -1.10. The number of benzene rings is 1. The van der Waals surface area contributed by atoms with Crippen LogP contribution in [-0.4, -0.2) is 38.4 Å². The number of carboxylic acid groups (broad SMARTS) is 1. The van der Waals surface area contributed by atoms with E-state index in [1.165, 1.54) is 12.1 Å². The summed E-state index contributed by atoms with van der Waals surface area (Å²) < 4.78 is 0. The van der Waals surface area contributed by atoms with E-state index in [9.17, 15) is 4.79 Å². The van der Waals surface area contributed by atoms with Gasteiger partial charge in [-0.3, -0.25) is 0 Å². The standard InChI is InChI=1S/C7H5N3O2.Pb/c8-10-9-6-4-2-1-3-5(6)7(11)12;/h1-4H,(H,11,12);. The molecule has 1 aromatic carbocycles. The molecule has 0 amide bonds. The summed E-state index contributed by atoms with van der Waals surface area (Å²) in [5, 5.41) is 11.8. The molecule has 13 heavy (non-hydrogen) atoms. The van der Waals surface area contributed by atoms with Crippen LogP contribution < -0.4 is 0 Å². The predicted molar refractivity (Wildman–Crippen MR) is 48.0 cm³/mol. The average molecular weight is 370 g/mol. The summed E-state index contributed by atoms with van der Waals surface area (Å²) in [6.45, 7) is 0. The Labute approximate surface area is 94.2 Å². The first-order chi connectivity index (χ1) is 5.75. The molecule has 0 bridgehead atoms. The fraction of sp³-hybridized carbons (Fsp3) is 0. The molecular weight excluding hydrogens is 365 g/mol. The van der Waals surface area contributed by atoms with Gasteiger partial charge in [0.2, 0.25) is 0 Å². The normalized spacial score (nSPS) is 8.00. The van der Waals surface area contributed by atoms with Gasteiger partial charge in [0.1, 0.15) is 0 Å². The largest absolute Gasteiger partial charge is 0.478 e. The number of nitrogens with zero attached hydrogens (tertiary/aromatic N) is 3. The van der Waals surface area contributed by atoms with Gasteiger partial charge in [-0.25, -0.2) is 4.79 Å². The third-order valence-corrected chi connectivity index (χ3v) is 1.29. The molecule has 0 saturated heterocycles. The maximum atomic E-state index is 10.5. The van der Waals surface area contributed by atoms with E-state index in [-0.39, 0.29) is 38.5 Å². The second-order valence-corrected chi connectivity index (χ2v) is 2.01. The zero-order chi connectivity index (χ0) is 8.97. The first-order valence-electron chi connectivity index (χ1n) is 3.13. The molecule has 5 nitrogen and oxygen atoms in total. The van der Waals surface area contributed by atoms with E-state index >= 15 is 0 Å². The average Bonchev–Trinajstić information content (AvgIpc) is 2.05. The van der Waals surface area contributed by atoms with Crippen molar-refractivity contribution in [3.05, 3.63) is 40.3 Å². The fourth-order valence-electron chi connectivity index (χ4n) is 0.790. The summed E-state index contributed by atoms with van der Waals surface area (Å²) in [6.07, 6.45) is 0. The van der Waals surface area contributed by atoms with E-state index in [0.717, 1.165) is 0 Å². The minimum absolute atomic E-state index is 0. The number of carbonyl (C=O) groups is 1. The van der Waals surface area contributed by atoms with Crippen molar-refractivity contribution >= 4 is 39.0 Å². The van der Waals surface area contributed by atoms with Gasteiger partial charge >= 0.3 is 5.97 Å². The minimum atomic E-state index is -1.10. The van der Waals surface area contributed by atoms with Gasteiger partial charge in [0.05, 0.1) is 11.3 Å². The van der Waals surface area contributed by atoms with Crippen LogP contribution in [0.3, 0.4) is 0 Å². The molecule has 0 aliphatic rings. The fourth-order valence-corrected chi connectivity index (χ4v) is 0.790. The maximum Gasteiger partial charge on any atom is 0.336 e.